The van der Waals surface area contributed by atoms with Gasteiger partial charge >= 0.3 is 0 Å². The number of hydrogen-bond acceptors (Lipinski definition) is 3. The largest absolute Gasteiger partial charge is 0.380 e. The molecule has 0 aromatic rings. The van der Waals surface area contributed by atoms with E-state index in [1.165, 1.54) is 32.1 Å². The monoisotopic (exact) mass is 241 g/mol. The fourth-order valence-electron chi connectivity index (χ4n) is 3.29. The molecule has 2 rings (SSSR count). The van der Waals surface area contributed by atoms with Gasteiger partial charge in [-0.15, -0.1) is 0 Å². The second-order valence-electron chi connectivity index (χ2n) is 5.44. The van der Waals surface area contributed by atoms with Crippen LogP contribution in [0.25, 0.3) is 0 Å². The molecular formula is C14H27NO2. The van der Waals surface area contributed by atoms with Gasteiger partial charge in [0.25, 0.3) is 0 Å². The van der Waals surface area contributed by atoms with E-state index in [2.05, 4.69) is 12.2 Å². The molecule has 1 aliphatic heterocycles. The minimum absolute atomic E-state index is 0.422. The summed E-state index contributed by atoms with van der Waals surface area (Å²) in [6.45, 7) is 4.27. The topological polar surface area (TPSA) is 30.5 Å². The molecule has 0 spiro atoms. The molecule has 3 heteroatoms. The van der Waals surface area contributed by atoms with E-state index in [9.17, 15) is 0 Å². The molecule has 0 aromatic carbocycles. The van der Waals surface area contributed by atoms with Crippen LogP contribution in [-0.2, 0) is 9.47 Å². The molecule has 1 heterocycles. The van der Waals surface area contributed by atoms with Crippen molar-refractivity contribution in [3.63, 3.8) is 0 Å². The summed E-state index contributed by atoms with van der Waals surface area (Å²) in [6, 6.07) is 0.562. The molecule has 1 aliphatic carbocycles. The Morgan fingerprint density at radius 3 is 2.82 bits per heavy atom. The average Bonchev–Trinajstić information content (AvgIpc) is 2.84. The lowest BCUT2D eigenvalue weighted by Crippen LogP contribution is -2.45. The number of rotatable bonds is 5. The zero-order valence-corrected chi connectivity index (χ0v) is 11.3. The van der Waals surface area contributed by atoms with Crippen LogP contribution in [0.4, 0.5) is 0 Å². The minimum Gasteiger partial charge on any atom is -0.380 e. The van der Waals surface area contributed by atoms with E-state index in [1.807, 2.05) is 7.11 Å². The summed E-state index contributed by atoms with van der Waals surface area (Å²) in [4.78, 5) is 0. The third kappa shape index (κ3) is 3.43. The van der Waals surface area contributed by atoms with E-state index in [0.29, 0.717) is 24.2 Å². The summed E-state index contributed by atoms with van der Waals surface area (Å²) in [7, 11) is 1.85. The number of hydrogen-bond donors (Lipinski definition) is 1. The molecule has 2 aliphatic rings. The summed E-state index contributed by atoms with van der Waals surface area (Å²) < 4.78 is 11.3. The predicted octanol–water partition coefficient (Wildman–Crippen LogP) is 2.35. The van der Waals surface area contributed by atoms with Gasteiger partial charge in [-0.25, -0.2) is 0 Å². The smallest absolute Gasteiger partial charge is 0.0724 e. The highest BCUT2D eigenvalue weighted by Crippen LogP contribution is 2.25. The third-order valence-corrected chi connectivity index (χ3v) is 4.40. The first-order valence-electron chi connectivity index (χ1n) is 7.23. The zero-order chi connectivity index (χ0) is 12.1. The average molecular weight is 241 g/mol. The molecule has 0 amide bonds. The molecule has 4 atom stereocenters. The quantitative estimate of drug-likeness (QED) is 0.801. The number of nitrogens with one attached hydrogen (secondary N) is 1. The van der Waals surface area contributed by atoms with Crippen LogP contribution in [-0.4, -0.2) is 38.5 Å². The predicted molar refractivity (Wildman–Crippen MR) is 69.2 cm³/mol. The molecule has 0 bridgehead atoms. The van der Waals surface area contributed by atoms with Gasteiger partial charge in [0.1, 0.15) is 0 Å². The molecule has 3 nitrogen and oxygen atoms in total. The van der Waals surface area contributed by atoms with Crippen LogP contribution in [0, 0.1) is 5.92 Å². The molecule has 2 fully saturated rings. The van der Waals surface area contributed by atoms with Gasteiger partial charge in [0, 0.05) is 26.3 Å². The van der Waals surface area contributed by atoms with Crippen molar-refractivity contribution in [1.29, 1.82) is 0 Å². The highest BCUT2D eigenvalue weighted by Gasteiger charge is 2.29. The Balaban J connectivity index is 1.76. The number of ether oxygens (including phenoxy) is 2. The summed E-state index contributed by atoms with van der Waals surface area (Å²) in [5.41, 5.74) is 0. The van der Waals surface area contributed by atoms with Gasteiger partial charge in [-0.1, -0.05) is 19.8 Å². The second kappa shape index (κ2) is 6.72. The second-order valence-corrected chi connectivity index (χ2v) is 5.44. The van der Waals surface area contributed by atoms with Crippen molar-refractivity contribution in [2.75, 3.05) is 20.3 Å². The summed E-state index contributed by atoms with van der Waals surface area (Å²) in [5, 5.41) is 3.72. The van der Waals surface area contributed by atoms with Crippen molar-refractivity contribution >= 4 is 0 Å². The Kier molecular flexibility index (Phi) is 5.26. The van der Waals surface area contributed by atoms with Gasteiger partial charge in [-0.3, -0.25) is 0 Å². The van der Waals surface area contributed by atoms with Crippen LogP contribution in [0.5, 0.6) is 0 Å². The van der Waals surface area contributed by atoms with Gasteiger partial charge in [-0.2, -0.15) is 0 Å². The molecule has 0 radical (unpaired) electrons. The van der Waals surface area contributed by atoms with Crippen LogP contribution >= 0.6 is 0 Å². The van der Waals surface area contributed by atoms with E-state index >= 15 is 0 Å². The molecule has 1 saturated carbocycles. The molecule has 1 saturated heterocycles. The number of methoxy groups -OCH3 is 1. The molecular weight excluding hydrogens is 214 g/mol. The molecule has 1 N–H and O–H groups in total. The molecule has 100 valence electrons. The molecule has 0 aromatic heterocycles. The first-order valence-corrected chi connectivity index (χ1v) is 7.23. The third-order valence-electron chi connectivity index (χ3n) is 4.40. The Bertz CT molecular complexity index is 222. The zero-order valence-electron chi connectivity index (χ0n) is 11.3. The lowest BCUT2D eigenvalue weighted by atomic mass is 9.91. The minimum atomic E-state index is 0.422. The van der Waals surface area contributed by atoms with E-state index in [-0.39, 0.29) is 0 Å². The molecule has 4 unspecified atom stereocenters. The first-order chi connectivity index (χ1) is 8.35. The maximum atomic E-state index is 5.74. The van der Waals surface area contributed by atoms with E-state index < -0.39 is 0 Å². The van der Waals surface area contributed by atoms with Crippen molar-refractivity contribution < 1.29 is 9.47 Å². The highest BCUT2D eigenvalue weighted by atomic mass is 16.5. The van der Waals surface area contributed by atoms with E-state index in [4.69, 9.17) is 9.47 Å². The summed E-state index contributed by atoms with van der Waals surface area (Å²) in [5.74, 6) is 0.708. The van der Waals surface area contributed by atoms with E-state index in [1.54, 1.807) is 0 Å². The fraction of sp³-hybridized carbons (Fsp3) is 1.00. The van der Waals surface area contributed by atoms with Crippen LogP contribution in [0.2, 0.25) is 0 Å². The van der Waals surface area contributed by atoms with Crippen molar-refractivity contribution in [3.05, 3.63) is 0 Å². The summed E-state index contributed by atoms with van der Waals surface area (Å²) in [6.07, 6.45) is 8.41. The van der Waals surface area contributed by atoms with E-state index in [0.717, 1.165) is 19.6 Å². The van der Waals surface area contributed by atoms with Crippen molar-refractivity contribution in [3.8, 4) is 0 Å². The standard InChI is InChI=1S/C14H27NO2/c1-3-13-11(8-9-17-13)10-15-12-6-4-5-7-14(12)16-2/h11-15H,3-10H2,1-2H3. The normalized spacial score (nSPS) is 38.5. The lowest BCUT2D eigenvalue weighted by Gasteiger charge is -2.32. The van der Waals surface area contributed by atoms with Crippen molar-refractivity contribution in [1.82, 2.24) is 5.32 Å². The Morgan fingerprint density at radius 2 is 2.06 bits per heavy atom. The Morgan fingerprint density at radius 1 is 1.24 bits per heavy atom. The maximum Gasteiger partial charge on any atom is 0.0724 e. The Labute approximate surface area is 105 Å². The highest BCUT2D eigenvalue weighted by molar-refractivity contribution is 4.84. The van der Waals surface area contributed by atoms with Gasteiger partial charge in [-0.05, 0) is 31.6 Å². The van der Waals surface area contributed by atoms with Gasteiger partial charge in [0.2, 0.25) is 0 Å². The van der Waals surface area contributed by atoms with Crippen LogP contribution < -0.4 is 5.32 Å². The SMILES string of the molecule is CCC1OCCC1CNC1CCCCC1OC. The van der Waals surface area contributed by atoms with Crippen LogP contribution in [0.1, 0.15) is 45.4 Å². The van der Waals surface area contributed by atoms with Gasteiger partial charge < -0.3 is 14.8 Å². The Hall–Kier alpha value is -0.120. The van der Waals surface area contributed by atoms with Gasteiger partial charge in [0.15, 0.2) is 0 Å². The fourth-order valence-corrected chi connectivity index (χ4v) is 3.29. The van der Waals surface area contributed by atoms with Crippen molar-refractivity contribution in [2.24, 2.45) is 5.92 Å². The van der Waals surface area contributed by atoms with Crippen LogP contribution in [0.15, 0.2) is 0 Å². The lowest BCUT2D eigenvalue weighted by molar-refractivity contribution is 0.0371. The maximum absolute atomic E-state index is 5.74. The van der Waals surface area contributed by atoms with Gasteiger partial charge in [0.05, 0.1) is 12.2 Å². The molecule has 17 heavy (non-hydrogen) atoms. The van der Waals surface area contributed by atoms with Crippen LogP contribution in [0.3, 0.4) is 0 Å². The first kappa shape index (κ1) is 13.3. The summed E-state index contributed by atoms with van der Waals surface area (Å²) >= 11 is 0. The van der Waals surface area contributed by atoms with Crippen molar-refractivity contribution in [2.45, 2.75) is 63.7 Å².